The molecule has 0 aromatic heterocycles. The van der Waals surface area contributed by atoms with Crippen molar-refractivity contribution in [2.75, 3.05) is 13.8 Å². The molecule has 0 amide bonds. The highest BCUT2D eigenvalue weighted by atomic mass is 16.7. The summed E-state index contributed by atoms with van der Waals surface area (Å²) in [6.45, 7) is 3.10. The average molecular weight is 239 g/mol. The Balaban J connectivity index is 2.33. The SMILES string of the molecule is CC(C)C(=O)OCOC(=O)C1=CN(C)C=CC1. The van der Waals surface area contributed by atoms with Gasteiger partial charge in [-0.3, -0.25) is 4.79 Å². The molecule has 5 nitrogen and oxygen atoms in total. The summed E-state index contributed by atoms with van der Waals surface area (Å²) in [5.74, 6) is -1.07. The van der Waals surface area contributed by atoms with Crippen molar-refractivity contribution in [2.24, 2.45) is 5.92 Å². The summed E-state index contributed by atoms with van der Waals surface area (Å²) in [4.78, 5) is 24.4. The minimum atomic E-state index is -0.460. The van der Waals surface area contributed by atoms with E-state index in [-0.39, 0.29) is 18.7 Å². The van der Waals surface area contributed by atoms with Gasteiger partial charge in [-0.05, 0) is 6.20 Å². The van der Waals surface area contributed by atoms with E-state index in [1.807, 2.05) is 19.3 Å². The Morgan fingerprint density at radius 3 is 2.71 bits per heavy atom. The lowest BCUT2D eigenvalue weighted by atomic mass is 10.1. The van der Waals surface area contributed by atoms with Crippen molar-refractivity contribution < 1.29 is 19.1 Å². The van der Waals surface area contributed by atoms with Gasteiger partial charge < -0.3 is 14.4 Å². The Morgan fingerprint density at radius 2 is 2.12 bits per heavy atom. The van der Waals surface area contributed by atoms with Gasteiger partial charge in [-0.2, -0.15) is 0 Å². The van der Waals surface area contributed by atoms with Gasteiger partial charge in [0.25, 0.3) is 0 Å². The lowest BCUT2D eigenvalue weighted by Crippen LogP contribution is -2.19. The fourth-order valence-corrected chi connectivity index (χ4v) is 1.22. The number of carbonyl (C=O) groups excluding carboxylic acids is 2. The number of rotatable bonds is 4. The van der Waals surface area contributed by atoms with E-state index in [1.165, 1.54) is 0 Å². The van der Waals surface area contributed by atoms with Crippen LogP contribution in [0.5, 0.6) is 0 Å². The van der Waals surface area contributed by atoms with E-state index in [4.69, 9.17) is 9.47 Å². The number of hydrogen-bond acceptors (Lipinski definition) is 5. The quantitative estimate of drug-likeness (QED) is 0.548. The van der Waals surface area contributed by atoms with Crippen LogP contribution in [0.3, 0.4) is 0 Å². The monoisotopic (exact) mass is 239 g/mol. The molecule has 0 N–H and O–H groups in total. The van der Waals surface area contributed by atoms with Crippen molar-refractivity contribution in [3.05, 3.63) is 24.0 Å². The molecule has 0 atom stereocenters. The Kier molecular flexibility index (Phi) is 4.75. The standard InChI is InChI=1S/C12H17NO4/c1-9(2)11(14)16-8-17-12(15)10-5-4-6-13(3)7-10/h4,6-7,9H,5,8H2,1-3H3. The maximum absolute atomic E-state index is 11.6. The lowest BCUT2D eigenvalue weighted by Gasteiger charge is -2.15. The molecule has 5 heteroatoms. The van der Waals surface area contributed by atoms with Gasteiger partial charge in [0.05, 0.1) is 11.5 Å². The highest BCUT2D eigenvalue weighted by molar-refractivity contribution is 5.88. The van der Waals surface area contributed by atoms with Gasteiger partial charge in [0.1, 0.15) is 0 Å². The molecule has 0 aliphatic carbocycles. The van der Waals surface area contributed by atoms with Crippen LogP contribution < -0.4 is 0 Å². The fraction of sp³-hybridized carbons (Fsp3) is 0.500. The molecule has 0 aromatic rings. The van der Waals surface area contributed by atoms with Crippen LogP contribution >= 0.6 is 0 Å². The fourth-order valence-electron chi connectivity index (χ4n) is 1.22. The second-order valence-electron chi connectivity index (χ2n) is 4.08. The molecule has 0 spiro atoms. The van der Waals surface area contributed by atoms with Crippen LogP contribution in [0.15, 0.2) is 24.0 Å². The zero-order chi connectivity index (χ0) is 12.8. The molecular weight excluding hydrogens is 222 g/mol. The summed E-state index contributed by atoms with van der Waals surface area (Å²) >= 11 is 0. The topological polar surface area (TPSA) is 55.8 Å². The van der Waals surface area contributed by atoms with Crippen molar-refractivity contribution in [1.29, 1.82) is 0 Å². The maximum atomic E-state index is 11.6. The molecular formula is C12H17NO4. The van der Waals surface area contributed by atoms with Crippen molar-refractivity contribution in [1.82, 2.24) is 4.90 Å². The van der Waals surface area contributed by atoms with E-state index in [1.54, 1.807) is 24.9 Å². The van der Waals surface area contributed by atoms with Crippen LogP contribution in [0, 0.1) is 5.92 Å². The molecule has 1 rings (SSSR count). The van der Waals surface area contributed by atoms with Gasteiger partial charge in [-0.25, -0.2) is 4.79 Å². The molecule has 1 heterocycles. The van der Waals surface area contributed by atoms with Crippen LogP contribution in [0.2, 0.25) is 0 Å². The van der Waals surface area contributed by atoms with Crippen molar-refractivity contribution in [2.45, 2.75) is 20.3 Å². The molecule has 17 heavy (non-hydrogen) atoms. The largest absolute Gasteiger partial charge is 0.428 e. The molecule has 0 aromatic carbocycles. The van der Waals surface area contributed by atoms with Gasteiger partial charge in [0.2, 0.25) is 6.79 Å². The third-order valence-corrected chi connectivity index (χ3v) is 2.16. The van der Waals surface area contributed by atoms with Gasteiger partial charge in [0.15, 0.2) is 0 Å². The molecule has 1 aliphatic rings. The number of hydrogen-bond donors (Lipinski definition) is 0. The van der Waals surface area contributed by atoms with E-state index in [9.17, 15) is 9.59 Å². The molecule has 0 saturated heterocycles. The Bertz CT molecular complexity index is 358. The summed E-state index contributed by atoms with van der Waals surface area (Å²) < 4.78 is 9.59. The summed E-state index contributed by atoms with van der Waals surface area (Å²) in [6.07, 6.45) is 5.93. The third kappa shape index (κ3) is 4.30. The number of nitrogens with zero attached hydrogens (tertiary/aromatic N) is 1. The number of ether oxygens (including phenoxy) is 2. The van der Waals surface area contributed by atoms with Crippen LogP contribution in [0.4, 0.5) is 0 Å². The first-order valence-corrected chi connectivity index (χ1v) is 5.43. The van der Waals surface area contributed by atoms with Crippen molar-refractivity contribution in [3.63, 3.8) is 0 Å². The Labute approximate surface area is 101 Å². The first-order chi connectivity index (χ1) is 8.00. The van der Waals surface area contributed by atoms with Gasteiger partial charge in [0, 0.05) is 19.7 Å². The molecule has 0 fully saturated rings. The Morgan fingerprint density at radius 1 is 1.41 bits per heavy atom. The smallest absolute Gasteiger partial charge is 0.338 e. The molecule has 0 bridgehead atoms. The predicted octanol–water partition coefficient (Wildman–Crippen LogP) is 1.42. The van der Waals surface area contributed by atoms with E-state index in [0.29, 0.717) is 12.0 Å². The van der Waals surface area contributed by atoms with Gasteiger partial charge in [-0.1, -0.05) is 19.9 Å². The Hall–Kier alpha value is -1.78. The summed E-state index contributed by atoms with van der Waals surface area (Å²) in [5.41, 5.74) is 0.538. The molecule has 1 aliphatic heterocycles. The average Bonchev–Trinajstić information content (AvgIpc) is 2.28. The van der Waals surface area contributed by atoms with Crippen LogP contribution in [0.1, 0.15) is 20.3 Å². The number of allylic oxidation sites excluding steroid dienone is 1. The highest BCUT2D eigenvalue weighted by Crippen LogP contribution is 2.12. The first kappa shape index (κ1) is 13.3. The van der Waals surface area contributed by atoms with Crippen LogP contribution in [-0.4, -0.2) is 30.7 Å². The minimum Gasteiger partial charge on any atom is -0.428 e. The number of esters is 2. The summed E-state index contributed by atoms with van der Waals surface area (Å²) in [7, 11) is 1.82. The predicted molar refractivity (Wildman–Crippen MR) is 61.5 cm³/mol. The molecule has 0 saturated carbocycles. The van der Waals surface area contributed by atoms with E-state index in [0.717, 1.165) is 0 Å². The summed E-state index contributed by atoms with van der Waals surface area (Å²) in [5, 5.41) is 0. The van der Waals surface area contributed by atoms with Gasteiger partial charge >= 0.3 is 11.9 Å². The highest BCUT2D eigenvalue weighted by Gasteiger charge is 2.14. The number of carbonyl (C=O) groups is 2. The zero-order valence-electron chi connectivity index (χ0n) is 10.3. The zero-order valence-corrected chi connectivity index (χ0v) is 10.3. The molecule has 0 unspecified atom stereocenters. The maximum Gasteiger partial charge on any atom is 0.338 e. The van der Waals surface area contributed by atoms with Gasteiger partial charge in [-0.15, -0.1) is 0 Å². The van der Waals surface area contributed by atoms with Crippen molar-refractivity contribution in [3.8, 4) is 0 Å². The lowest BCUT2D eigenvalue weighted by molar-refractivity contribution is -0.167. The molecule has 0 radical (unpaired) electrons. The minimum absolute atomic E-state index is 0.225. The second kappa shape index (κ2) is 6.08. The van der Waals surface area contributed by atoms with E-state index >= 15 is 0 Å². The van der Waals surface area contributed by atoms with Crippen LogP contribution in [-0.2, 0) is 19.1 Å². The molecule has 94 valence electrons. The van der Waals surface area contributed by atoms with E-state index < -0.39 is 5.97 Å². The van der Waals surface area contributed by atoms with Crippen molar-refractivity contribution >= 4 is 11.9 Å². The van der Waals surface area contributed by atoms with Crippen LogP contribution in [0.25, 0.3) is 0 Å². The first-order valence-electron chi connectivity index (χ1n) is 5.43. The third-order valence-electron chi connectivity index (χ3n) is 2.16. The van der Waals surface area contributed by atoms with E-state index in [2.05, 4.69) is 0 Å². The normalized spacial score (nSPS) is 14.6. The summed E-state index contributed by atoms with van der Waals surface area (Å²) in [6, 6.07) is 0. The second-order valence-corrected chi connectivity index (χ2v) is 4.08.